The number of amides is 1. The van der Waals surface area contributed by atoms with E-state index >= 15 is 0 Å². The second kappa shape index (κ2) is 11.2. The molecule has 3 aromatic heterocycles. The van der Waals surface area contributed by atoms with Gasteiger partial charge in [0, 0.05) is 35.7 Å². The highest BCUT2D eigenvalue weighted by Crippen LogP contribution is 2.37. The van der Waals surface area contributed by atoms with E-state index < -0.39 is 17.9 Å². The lowest BCUT2D eigenvalue weighted by atomic mass is 10.00. The van der Waals surface area contributed by atoms with Crippen LogP contribution in [-0.4, -0.2) is 46.8 Å². The molecule has 11 nitrogen and oxygen atoms in total. The number of rotatable bonds is 11. The van der Waals surface area contributed by atoms with E-state index in [1.54, 1.807) is 19.2 Å². The number of benzene rings is 1. The van der Waals surface area contributed by atoms with Crippen molar-refractivity contribution in [2.75, 3.05) is 20.3 Å². The molecule has 1 amide bonds. The maximum Gasteiger partial charge on any atom is 0.405 e. The van der Waals surface area contributed by atoms with Gasteiger partial charge in [0.2, 0.25) is 5.79 Å². The van der Waals surface area contributed by atoms with Crippen LogP contribution in [0.25, 0.3) is 22.2 Å². The lowest BCUT2D eigenvalue weighted by Gasteiger charge is -2.24. The summed E-state index contributed by atoms with van der Waals surface area (Å²) in [6.45, 7) is 2.94. The molecular formula is C27H30N4O7. The molecule has 1 aliphatic heterocycles. The van der Waals surface area contributed by atoms with Gasteiger partial charge in [0.1, 0.15) is 23.4 Å². The number of carbonyl (C=O) groups is 1. The zero-order valence-electron chi connectivity index (χ0n) is 21.3. The summed E-state index contributed by atoms with van der Waals surface area (Å²) in [6.07, 6.45) is 3.95. The first-order valence-electron chi connectivity index (χ1n) is 12.6. The number of methoxy groups -OCH3 is 1. The highest BCUT2D eigenvalue weighted by Gasteiger charge is 2.40. The molecule has 38 heavy (non-hydrogen) atoms. The highest BCUT2D eigenvalue weighted by molar-refractivity contribution is 5.87. The van der Waals surface area contributed by atoms with Crippen molar-refractivity contribution in [2.24, 2.45) is 0 Å². The summed E-state index contributed by atoms with van der Waals surface area (Å²) in [5.41, 5.74) is 3.58. The predicted molar refractivity (Wildman–Crippen MR) is 136 cm³/mol. The Hall–Kier alpha value is -3.96. The summed E-state index contributed by atoms with van der Waals surface area (Å²) in [5, 5.41) is 21.1. The quantitative estimate of drug-likeness (QED) is 0.247. The van der Waals surface area contributed by atoms with Crippen LogP contribution in [0.5, 0.6) is 5.75 Å². The molecule has 1 unspecified atom stereocenters. The molecule has 5 rings (SSSR count). The second-order valence-electron chi connectivity index (χ2n) is 9.25. The maximum absolute atomic E-state index is 11.5. The predicted octanol–water partition coefficient (Wildman–Crippen LogP) is 5.35. The first-order valence-corrected chi connectivity index (χ1v) is 12.6. The Morgan fingerprint density at radius 3 is 2.71 bits per heavy atom. The Morgan fingerprint density at radius 2 is 1.97 bits per heavy atom. The summed E-state index contributed by atoms with van der Waals surface area (Å²) in [7, 11) is 1.58. The maximum atomic E-state index is 11.5. The third-order valence-electron chi connectivity index (χ3n) is 6.68. The fraction of sp³-hybridized carbons (Fsp3) is 0.407. The topological polar surface area (TPSA) is 142 Å². The minimum Gasteiger partial charge on any atom is -0.496 e. The van der Waals surface area contributed by atoms with Crippen molar-refractivity contribution in [1.29, 1.82) is 0 Å². The van der Waals surface area contributed by atoms with Gasteiger partial charge in [-0.15, -0.1) is 0 Å². The third kappa shape index (κ3) is 5.48. The minimum absolute atomic E-state index is 0.488. The van der Waals surface area contributed by atoms with Crippen molar-refractivity contribution >= 4 is 17.0 Å². The van der Waals surface area contributed by atoms with E-state index in [1.165, 1.54) is 6.26 Å². The number of aryl methyl sites for hydroxylation is 1. The van der Waals surface area contributed by atoms with Crippen LogP contribution < -0.4 is 10.1 Å². The molecule has 1 aliphatic rings. The second-order valence-corrected chi connectivity index (χ2v) is 9.25. The molecule has 0 saturated carbocycles. The number of hydrogen-bond donors (Lipinski definition) is 2. The first kappa shape index (κ1) is 25.7. The van der Waals surface area contributed by atoms with Crippen LogP contribution >= 0.6 is 0 Å². The number of hydrogen-bond acceptors (Lipinski definition) is 9. The number of ether oxygens (including phenoxy) is 3. The molecule has 11 heteroatoms. The smallest absolute Gasteiger partial charge is 0.405 e. The number of nitrogens with one attached hydrogen (secondary N) is 1. The van der Waals surface area contributed by atoms with Crippen molar-refractivity contribution in [3.8, 4) is 17.1 Å². The molecule has 1 fully saturated rings. The normalized spacial score (nSPS) is 15.5. The Balaban J connectivity index is 1.25. The van der Waals surface area contributed by atoms with Gasteiger partial charge >= 0.3 is 6.09 Å². The fourth-order valence-electron chi connectivity index (χ4n) is 4.81. The minimum atomic E-state index is -1.12. The molecule has 1 aromatic carbocycles. The Morgan fingerprint density at radius 1 is 1.13 bits per heavy atom. The molecule has 200 valence electrons. The summed E-state index contributed by atoms with van der Waals surface area (Å²) in [5.74, 6) is 0.208. The van der Waals surface area contributed by atoms with Gasteiger partial charge in [-0.3, -0.25) is 4.98 Å². The molecule has 4 heterocycles. The molecule has 0 radical (unpaired) electrons. The SMILES string of the molecule is COc1cc2nc(C)ccc2cc1-c1cc(C(CCCCCC2(c3ccon3)OCCO2)NC(=O)O)no1. The van der Waals surface area contributed by atoms with E-state index in [0.717, 1.165) is 35.9 Å². The van der Waals surface area contributed by atoms with E-state index in [1.807, 2.05) is 31.2 Å². The van der Waals surface area contributed by atoms with Crippen LogP contribution in [0.4, 0.5) is 4.79 Å². The first-order chi connectivity index (χ1) is 18.5. The van der Waals surface area contributed by atoms with E-state index in [4.69, 9.17) is 23.3 Å². The number of fused-ring (bicyclic) bond motifs is 1. The van der Waals surface area contributed by atoms with Crippen molar-refractivity contribution in [2.45, 2.75) is 50.9 Å². The van der Waals surface area contributed by atoms with Crippen LogP contribution in [0.3, 0.4) is 0 Å². The van der Waals surface area contributed by atoms with Crippen LogP contribution in [0.15, 0.2) is 51.7 Å². The monoisotopic (exact) mass is 522 g/mol. The van der Waals surface area contributed by atoms with E-state index in [0.29, 0.717) is 54.5 Å². The Bertz CT molecular complexity index is 1380. The summed E-state index contributed by atoms with van der Waals surface area (Å²) in [4.78, 5) is 16.1. The molecule has 0 bridgehead atoms. The molecule has 0 aliphatic carbocycles. The number of carboxylic acid groups (broad SMARTS) is 1. The van der Waals surface area contributed by atoms with E-state index in [2.05, 4.69) is 20.6 Å². The van der Waals surface area contributed by atoms with Crippen LogP contribution in [0.2, 0.25) is 0 Å². The lowest BCUT2D eigenvalue weighted by Crippen LogP contribution is -2.28. The van der Waals surface area contributed by atoms with Crippen LogP contribution in [-0.2, 0) is 15.3 Å². The average Bonchev–Trinajstić information content (AvgIpc) is 3.69. The zero-order chi connectivity index (χ0) is 26.5. The zero-order valence-corrected chi connectivity index (χ0v) is 21.3. The largest absolute Gasteiger partial charge is 0.496 e. The van der Waals surface area contributed by atoms with Gasteiger partial charge in [0.25, 0.3) is 0 Å². The van der Waals surface area contributed by atoms with Gasteiger partial charge in [-0.25, -0.2) is 4.79 Å². The number of pyridine rings is 1. The highest BCUT2D eigenvalue weighted by atomic mass is 16.7. The van der Waals surface area contributed by atoms with E-state index in [9.17, 15) is 9.90 Å². The molecule has 1 atom stereocenters. The van der Waals surface area contributed by atoms with Crippen LogP contribution in [0.1, 0.15) is 55.2 Å². The molecule has 4 aromatic rings. The number of unbranched alkanes of at least 4 members (excludes halogenated alkanes) is 2. The molecular weight excluding hydrogens is 492 g/mol. The van der Waals surface area contributed by atoms with Gasteiger partial charge in [0.15, 0.2) is 5.76 Å². The van der Waals surface area contributed by atoms with Crippen LogP contribution in [0, 0.1) is 6.92 Å². The molecule has 2 N–H and O–H groups in total. The fourth-order valence-corrected chi connectivity index (χ4v) is 4.81. The van der Waals surface area contributed by atoms with Gasteiger partial charge in [0.05, 0.1) is 37.4 Å². The Kier molecular flexibility index (Phi) is 7.57. The molecule has 1 saturated heterocycles. The van der Waals surface area contributed by atoms with Gasteiger partial charge in [-0.1, -0.05) is 29.2 Å². The van der Waals surface area contributed by atoms with Crippen molar-refractivity contribution in [3.05, 3.63) is 59.7 Å². The summed E-state index contributed by atoms with van der Waals surface area (Å²) in [6, 6.07) is 10.7. The number of nitrogens with zero attached hydrogens (tertiary/aromatic N) is 3. The summed E-state index contributed by atoms with van der Waals surface area (Å²) < 4.78 is 27.9. The summed E-state index contributed by atoms with van der Waals surface area (Å²) >= 11 is 0. The van der Waals surface area contributed by atoms with Gasteiger partial charge < -0.3 is 33.7 Å². The van der Waals surface area contributed by atoms with Crippen molar-refractivity contribution < 1.29 is 33.2 Å². The van der Waals surface area contributed by atoms with Crippen molar-refractivity contribution in [3.63, 3.8) is 0 Å². The lowest BCUT2D eigenvalue weighted by molar-refractivity contribution is -0.175. The van der Waals surface area contributed by atoms with Gasteiger partial charge in [-0.05, 0) is 31.9 Å². The molecule has 0 spiro atoms. The van der Waals surface area contributed by atoms with E-state index in [-0.39, 0.29) is 0 Å². The average molecular weight is 523 g/mol. The van der Waals surface area contributed by atoms with Crippen molar-refractivity contribution in [1.82, 2.24) is 20.6 Å². The standard InChI is InChI=1S/C27H30N4O7/c1-17-7-8-18-14-19(23(34-2)15-21(18)28-17)24-16-22(30-38-24)20(29-26(32)33)6-4-3-5-10-27(35-12-13-36-27)25-9-11-37-31-25/h7-9,11,14-16,20,29H,3-6,10,12-13H2,1-2H3,(H,32,33). The van der Waals surface area contributed by atoms with Gasteiger partial charge in [-0.2, -0.15) is 0 Å². The Labute approximate surface area is 219 Å². The number of aromatic nitrogens is 3. The third-order valence-corrected chi connectivity index (χ3v) is 6.68.